The number of halogens is 4. The molecule has 4 rings (SSSR count). The van der Waals surface area contributed by atoms with Crippen LogP contribution >= 0.6 is 11.6 Å². The summed E-state index contributed by atoms with van der Waals surface area (Å²) >= 11 is 6.00. The molecular formula is C28H32ClF3N2O6S. The van der Waals surface area contributed by atoms with E-state index >= 15 is 0 Å². The molecule has 8 nitrogen and oxygen atoms in total. The molecule has 2 amide bonds. The van der Waals surface area contributed by atoms with Crippen LogP contribution in [0.5, 0.6) is 0 Å². The number of hydrogen-bond acceptors (Lipinski definition) is 6. The molecule has 1 saturated heterocycles. The van der Waals surface area contributed by atoms with Crippen molar-refractivity contribution in [2.24, 2.45) is 5.92 Å². The highest BCUT2D eigenvalue weighted by atomic mass is 35.5. The minimum Gasteiger partial charge on any atom is -0.444 e. The lowest BCUT2D eigenvalue weighted by Crippen LogP contribution is -2.47. The molecule has 13 heteroatoms. The summed E-state index contributed by atoms with van der Waals surface area (Å²) in [6.45, 7) is 4.90. The molecule has 41 heavy (non-hydrogen) atoms. The maximum Gasteiger partial charge on any atom is 0.417 e. The zero-order valence-electron chi connectivity index (χ0n) is 22.7. The molecule has 2 fully saturated rings. The number of likely N-dealkylation sites (tertiary alicyclic amines) is 1. The molecule has 2 aliphatic rings. The van der Waals surface area contributed by atoms with Crippen LogP contribution in [0.4, 0.5) is 18.0 Å². The Bertz CT molecular complexity index is 1410. The van der Waals surface area contributed by atoms with Crippen LogP contribution in [-0.2, 0) is 20.8 Å². The predicted octanol–water partition coefficient (Wildman–Crippen LogP) is 5.38. The van der Waals surface area contributed by atoms with Crippen LogP contribution in [0, 0.1) is 5.92 Å². The molecular weight excluding hydrogens is 585 g/mol. The van der Waals surface area contributed by atoms with E-state index in [1.54, 1.807) is 20.8 Å². The Morgan fingerprint density at radius 2 is 1.76 bits per heavy atom. The first-order valence-corrected chi connectivity index (χ1v) is 15.2. The molecule has 3 atom stereocenters. The van der Waals surface area contributed by atoms with E-state index in [-0.39, 0.29) is 29.5 Å². The van der Waals surface area contributed by atoms with Gasteiger partial charge in [0.1, 0.15) is 5.60 Å². The highest BCUT2D eigenvalue weighted by molar-refractivity contribution is 7.91. The van der Waals surface area contributed by atoms with Gasteiger partial charge >= 0.3 is 12.3 Å². The number of ether oxygens (including phenoxy) is 1. The summed E-state index contributed by atoms with van der Waals surface area (Å²) in [5.74, 6) is -0.782. The summed E-state index contributed by atoms with van der Waals surface area (Å²) in [4.78, 5) is 27.8. The van der Waals surface area contributed by atoms with Crippen molar-refractivity contribution in [1.82, 2.24) is 10.2 Å². The molecule has 0 aromatic heterocycles. The SMILES string of the molecule is CC(C)(C)OC(=O)N1C[C@H](O)C[C@H]1[C@H](NC(=O)c1cccc(C(F)(F)F)c1Cl)c1ccc(S(=O)(=O)CC2CC2)cc1. The van der Waals surface area contributed by atoms with Crippen molar-refractivity contribution >= 4 is 33.4 Å². The number of sulfone groups is 1. The molecule has 2 aromatic rings. The Morgan fingerprint density at radius 1 is 1.12 bits per heavy atom. The average molecular weight is 617 g/mol. The van der Waals surface area contributed by atoms with E-state index in [4.69, 9.17) is 16.3 Å². The number of benzene rings is 2. The lowest BCUT2D eigenvalue weighted by atomic mass is 9.96. The third-order valence-corrected chi connectivity index (χ3v) is 9.23. The first-order valence-electron chi connectivity index (χ1n) is 13.1. The van der Waals surface area contributed by atoms with Crippen LogP contribution in [-0.4, -0.2) is 60.5 Å². The van der Waals surface area contributed by atoms with E-state index in [1.165, 1.54) is 29.2 Å². The second kappa shape index (κ2) is 11.4. The van der Waals surface area contributed by atoms with Crippen molar-refractivity contribution < 1.29 is 41.0 Å². The van der Waals surface area contributed by atoms with E-state index in [2.05, 4.69) is 5.32 Å². The van der Waals surface area contributed by atoms with Gasteiger partial charge in [0, 0.05) is 0 Å². The quantitative estimate of drug-likeness (QED) is 0.432. The zero-order valence-corrected chi connectivity index (χ0v) is 24.3. The molecule has 0 radical (unpaired) electrons. The van der Waals surface area contributed by atoms with Crippen molar-refractivity contribution in [1.29, 1.82) is 0 Å². The molecule has 0 bridgehead atoms. The number of nitrogens with one attached hydrogen (secondary N) is 1. The fraction of sp³-hybridized carbons (Fsp3) is 0.500. The molecule has 1 saturated carbocycles. The lowest BCUT2D eigenvalue weighted by molar-refractivity contribution is -0.137. The third kappa shape index (κ3) is 7.52. The molecule has 2 N–H and O–H groups in total. The molecule has 1 heterocycles. The minimum absolute atomic E-state index is 0.0161. The van der Waals surface area contributed by atoms with Gasteiger partial charge in [-0.15, -0.1) is 0 Å². The van der Waals surface area contributed by atoms with Gasteiger partial charge in [0.25, 0.3) is 5.91 Å². The van der Waals surface area contributed by atoms with Crippen LogP contribution in [0.2, 0.25) is 5.02 Å². The number of hydrogen-bond donors (Lipinski definition) is 2. The van der Waals surface area contributed by atoms with Gasteiger partial charge < -0.3 is 20.1 Å². The highest BCUT2D eigenvalue weighted by Crippen LogP contribution is 2.38. The smallest absolute Gasteiger partial charge is 0.417 e. The fourth-order valence-electron chi connectivity index (χ4n) is 4.81. The van der Waals surface area contributed by atoms with Gasteiger partial charge in [-0.3, -0.25) is 4.79 Å². The van der Waals surface area contributed by atoms with E-state index < -0.39 is 68.0 Å². The molecule has 1 aliphatic carbocycles. The Labute approximate surface area is 241 Å². The molecule has 0 unspecified atom stereocenters. The largest absolute Gasteiger partial charge is 0.444 e. The molecule has 2 aromatic carbocycles. The van der Waals surface area contributed by atoms with Gasteiger partial charge in [0.2, 0.25) is 0 Å². The number of nitrogens with zero attached hydrogens (tertiary/aromatic N) is 1. The summed E-state index contributed by atoms with van der Waals surface area (Å²) in [6.07, 6.45) is -4.79. The monoisotopic (exact) mass is 616 g/mol. The standard InChI is InChI=1S/C28H32ClF3N2O6S/c1-27(2,3)40-26(37)34-14-18(35)13-22(34)24(17-9-11-19(12-10-17)41(38,39)15-16-7-8-16)33-25(36)20-5-4-6-21(23(20)29)28(30,31)32/h4-6,9-12,16,18,22,24,35H,7-8,13-15H2,1-3H3,(H,33,36)/t18-,22+,24-/m1/s1. The van der Waals surface area contributed by atoms with Crippen LogP contribution in [0.25, 0.3) is 0 Å². The number of amides is 2. The zero-order chi connectivity index (χ0) is 30.3. The molecule has 0 spiro atoms. The van der Waals surface area contributed by atoms with E-state index in [1.807, 2.05) is 0 Å². The van der Waals surface area contributed by atoms with Crippen LogP contribution in [0.15, 0.2) is 47.4 Å². The first kappa shape index (κ1) is 31.1. The maximum atomic E-state index is 13.4. The highest BCUT2D eigenvalue weighted by Gasteiger charge is 2.43. The number of alkyl halides is 3. The maximum absolute atomic E-state index is 13.4. The normalized spacial score (nSPS) is 20.5. The first-order chi connectivity index (χ1) is 19.0. The van der Waals surface area contributed by atoms with Gasteiger partial charge in [-0.25, -0.2) is 13.2 Å². The second-order valence-electron chi connectivity index (χ2n) is 11.5. The van der Waals surface area contributed by atoms with E-state index in [0.29, 0.717) is 5.56 Å². The number of β-amino-alcohol motifs (C(OH)–C–C–N with tert-alkyl or cyclic N) is 1. The van der Waals surface area contributed by atoms with Crippen molar-refractivity contribution in [3.05, 3.63) is 64.2 Å². The minimum atomic E-state index is -4.79. The van der Waals surface area contributed by atoms with Crippen molar-refractivity contribution in [3.63, 3.8) is 0 Å². The number of aliphatic hydroxyl groups is 1. The number of carbonyl (C=O) groups excluding carboxylic acids is 2. The van der Waals surface area contributed by atoms with Crippen LogP contribution < -0.4 is 5.32 Å². The number of aliphatic hydroxyl groups excluding tert-OH is 1. The summed E-state index contributed by atoms with van der Waals surface area (Å²) in [5, 5.41) is 12.4. The summed E-state index contributed by atoms with van der Waals surface area (Å²) in [5.41, 5.74) is -2.10. The molecule has 224 valence electrons. The van der Waals surface area contributed by atoms with Crippen LogP contribution in [0.3, 0.4) is 0 Å². The number of carbonyl (C=O) groups is 2. The van der Waals surface area contributed by atoms with Gasteiger partial charge in [-0.1, -0.05) is 29.8 Å². The Balaban J connectivity index is 1.71. The van der Waals surface area contributed by atoms with Crippen LogP contribution in [0.1, 0.15) is 67.6 Å². The summed E-state index contributed by atoms with van der Waals surface area (Å²) in [7, 11) is -3.54. The molecule has 1 aliphatic heterocycles. The lowest BCUT2D eigenvalue weighted by Gasteiger charge is -2.34. The average Bonchev–Trinajstić information content (AvgIpc) is 3.57. The second-order valence-corrected chi connectivity index (χ2v) is 13.9. The van der Waals surface area contributed by atoms with Gasteiger partial charge in [0.05, 0.1) is 51.5 Å². The third-order valence-electron chi connectivity index (χ3n) is 6.92. The summed E-state index contributed by atoms with van der Waals surface area (Å²) < 4.78 is 71.4. The predicted molar refractivity (Wildman–Crippen MR) is 145 cm³/mol. The fourth-order valence-corrected chi connectivity index (χ4v) is 6.83. The van der Waals surface area contributed by atoms with Crippen molar-refractivity contribution in [3.8, 4) is 0 Å². The van der Waals surface area contributed by atoms with Gasteiger partial charge in [0.15, 0.2) is 9.84 Å². The van der Waals surface area contributed by atoms with E-state index in [0.717, 1.165) is 31.0 Å². The van der Waals surface area contributed by atoms with E-state index in [9.17, 15) is 36.3 Å². The van der Waals surface area contributed by atoms with Gasteiger partial charge in [-0.2, -0.15) is 13.2 Å². The van der Waals surface area contributed by atoms with Gasteiger partial charge in [-0.05, 0) is 75.8 Å². The Morgan fingerprint density at radius 3 is 2.32 bits per heavy atom. The number of rotatable bonds is 7. The van der Waals surface area contributed by atoms with Crippen molar-refractivity contribution in [2.45, 2.75) is 74.9 Å². The topological polar surface area (TPSA) is 113 Å². The Hall–Kier alpha value is -2.83. The van der Waals surface area contributed by atoms with Crippen molar-refractivity contribution in [2.75, 3.05) is 12.3 Å². The Kier molecular flexibility index (Phi) is 8.69. The summed E-state index contributed by atoms with van der Waals surface area (Å²) in [6, 6.07) is 6.79.